The zero-order valence-electron chi connectivity index (χ0n) is 25.7. The minimum Gasteiger partial charge on any atom is -0.496 e. The van der Waals surface area contributed by atoms with E-state index in [1.165, 1.54) is 0 Å². The van der Waals surface area contributed by atoms with Crippen LogP contribution >= 0.6 is 0 Å². The Kier molecular flexibility index (Phi) is 7.68. The van der Waals surface area contributed by atoms with Crippen LogP contribution in [0.3, 0.4) is 0 Å². The number of aliphatic hydroxyl groups excluding tert-OH is 1. The molecule has 4 aliphatic rings. The highest BCUT2D eigenvalue weighted by molar-refractivity contribution is 5.89. The van der Waals surface area contributed by atoms with E-state index in [1.54, 1.807) is 24.0 Å². The lowest BCUT2D eigenvalue weighted by molar-refractivity contribution is -0.155. The molecular weight excluding hydrogens is 552 g/mol. The highest BCUT2D eigenvalue weighted by Crippen LogP contribution is 2.54. The normalized spacial score (nSPS) is 26.7. The fourth-order valence-electron chi connectivity index (χ4n) is 7.43. The first-order valence-electron chi connectivity index (χ1n) is 15.0. The molecule has 4 aliphatic heterocycles. The number of carbonyl (C=O) groups excluding carboxylic acids is 2. The van der Waals surface area contributed by atoms with E-state index in [-0.39, 0.29) is 31.1 Å². The summed E-state index contributed by atoms with van der Waals surface area (Å²) >= 11 is 0. The van der Waals surface area contributed by atoms with Crippen LogP contribution in [0.15, 0.2) is 30.3 Å². The molecule has 3 N–H and O–H groups in total. The number of rotatable bonds is 6. The predicted molar refractivity (Wildman–Crippen MR) is 158 cm³/mol. The molecule has 0 aliphatic carbocycles. The van der Waals surface area contributed by atoms with Gasteiger partial charge >= 0.3 is 6.09 Å². The van der Waals surface area contributed by atoms with Crippen LogP contribution in [0.2, 0.25) is 0 Å². The number of piperazine rings is 1. The molecule has 232 valence electrons. The smallest absolute Gasteiger partial charge is 0.411 e. The molecule has 2 unspecified atom stereocenters. The molecule has 2 amide bonds. The molecule has 3 saturated heterocycles. The van der Waals surface area contributed by atoms with E-state index >= 15 is 0 Å². The molecule has 2 aromatic rings. The van der Waals surface area contributed by atoms with Crippen LogP contribution in [0, 0.1) is 12.8 Å². The molecule has 11 nitrogen and oxygen atoms in total. The number of methoxy groups -OCH3 is 2. The number of nitrogens with one attached hydrogen (secondary N) is 2. The molecule has 2 bridgehead atoms. The van der Waals surface area contributed by atoms with Crippen molar-refractivity contribution in [2.24, 2.45) is 5.92 Å². The Morgan fingerprint density at radius 2 is 1.70 bits per heavy atom. The fourth-order valence-corrected chi connectivity index (χ4v) is 7.43. The molecular formula is C32H42N4O7. The third-order valence-corrected chi connectivity index (χ3v) is 9.07. The second kappa shape index (κ2) is 11.2. The first kappa shape index (κ1) is 29.5. The maximum atomic E-state index is 14.3. The van der Waals surface area contributed by atoms with Gasteiger partial charge in [-0.1, -0.05) is 30.3 Å². The van der Waals surface area contributed by atoms with Crippen molar-refractivity contribution in [1.29, 1.82) is 0 Å². The molecule has 0 radical (unpaired) electrons. The molecule has 11 heteroatoms. The minimum absolute atomic E-state index is 0.106. The largest absolute Gasteiger partial charge is 0.496 e. The Hall–Kier alpha value is -3.54. The average Bonchev–Trinajstić information content (AvgIpc) is 3.61. The molecule has 2 aromatic carbocycles. The lowest BCUT2D eigenvalue weighted by Crippen LogP contribution is -2.68. The second-order valence-corrected chi connectivity index (χ2v) is 12.8. The molecule has 5 atom stereocenters. The zero-order chi connectivity index (χ0) is 30.6. The lowest BCUT2D eigenvalue weighted by Gasteiger charge is -2.52. The number of hydrogen-bond acceptors (Lipinski definition) is 9. The summed E-state index contributed by atoms with van der Waals surface area (Å²) in [4.78, 5) is 31.3. The average molecular weight is 595 g/mol. The monoisotopic (exact) mass is 594 g/mol. The van der Waals surface area contributed by atoms with Crippen molar-refractivity contribution in [2.75, 3.05) is 27.3 Å². The Bertz CT molecular complexity index is 1390. The summed E-state index contributed by atoms with van der Waals surface area (Å²) in [6.07, 6.45) is -1.35. The third kappa shape index (κ3) is 4.97. The quantitative estimate of drug-likeness (QED) is 0.464. The third-order valence-electron chi connectivity index (χ3n) is 9.07. The van der Waals surface area contributed by atoms with Crippen molar-refractivity contribution < 1.29 is 33.6 Å². The number of hydrogen-bond donors (Lipinski definition) is 3. The minimum atomic E-state index is -1.16. The van der Waals surface area contributed by atoms with E-state index in [9.17, 15) is 14.7 Å². The summed E-state index contributed by atoms with van der Waals surface area (Å²) in [5.74, 6) is 1.11. The summed E-state index contributed by atoms with van der Waals surface area (Å²) in [6.45, 7) is 9.33. The maximum absolute atomic E-state index is 14.3. The SMILES string of the molecule is COc1c(C)c(OC)c2c(c1OCc1ccccc1)CN1C(=O)[C@@H]3CC(C4NCCN4)[C@H]([C@@H]1C2O)N3C(=O)OC(C)(C)C. The van der Waals surface area contributed by atoms with Gasteiger partial charge in [0.1, 0.15) is 30.1 Å². The van der Waals surface area contributed by atoms with Gasteiger partial charge in [0.15, 0.2) is 11.5 Å². The molecule has 3 fully saturated rings. The number of ether oxygens (including phenoxy) is 4. The molecule has 0 aromatic heterocycles. The van der Waals surface area contributed by atoms with Crippen LogP contribution < -0.4 is 24.8 Å². The summed E-state index contributed by atoms with van der Waals surface area (Å²) in [5.41, 5.74) is 2.12. The van der Waals surface area contributed by atoms with Crippen LogP contribution in [0.25, 0.3) is 0 Å². The topological polar surface area (TPSA) is 122 Å². The first-order valence-corrected chi connectivity index (χ1v) is 15.0. The number of amides is 2. The standard InChI is InChI=1S/C32H42N4O7/c1-17-26(40-5)22-20(28(27(17)41-6)42-16-18-10-8-7-9-11-18)15-35-24(25(22)37)23-19(29-33-12-13-34-29)14-21(30(35)38)36(23)31(39)43-32(2,3)4/h7-11,19,21,23-25,29,33-34,37H,12-16H2,1-6H3/t19?,21-,23+,24+,25?/m0/s1. The van der Waals surface area contributed by atoms with Gasteiger partial charge < -0.3 is 39.6 Å². The molecule has 0 spiro atoms. The molecule has 6 rings (SSSR count). The molecule has 43 heavy (non-hydrogen) atoms. The van der Waals surface area contributed by atoms with Crippen molar-refractivity contribution >= 4 is 12.0 Å². The van der Waals surface area contributed by atoms with E-state index in [4.69, 9.17) is 18.9 Å². The molecule has 0 saturated carbocycles. The second-order valence-electron chi connectivity index (χ2n) is 12.8. The van der Waals surface area contributed by atoms with Gasteiger partial charge in [-0.2, -0.15) is 0 Å². The van der Waals surface area contributed by atoms with E-state index in [1.807, 2.05) is 58.0 Å². The Morgan fingerprint density at radius 3 is 2.33 bits per heavy atom. The summed E-state index contributed by atoms with van der Waals surface area (Å²) < 4.78 is 24.0. The van der Waals surface area contributed by atoms with Crippen LogP contribution in [0.1, 0.15) is 55.5 Å². The molecule has 4 heterocycles. The van der Waals surface area contributed by atoms with Crippen LogP contribution in [-0.4, -0.2) is 84.1 Å². The number of fused-ring (bicyclic) bond motifs is 5. The van der Waals surface area contributed by atoms with Crippen molar-refractivity contribution in [3.63, 3.8) is 0 Å². The van der Waals surface area contributed by atoms with Gasteiger partial charge in [-0.25, -0.2) is 4.79 Å². The summed E-state index contributed by atoms with van der Waals surface area (Å²) in [6, 6.07) is 7.87. The van der Waals surface area contributed by atoms with Gasteiger partial charge in [0, 0.05) is 35.7 Å². The number of carbonyl (C=O) groups is 2. The van der Waals surface area contributed by atoms with Crippen LogP contribution in [0.4, 0.5) is 4.79 Å². The zero-order valence-corrected chi connectivity index (χ0v) is 25.7. The van der Waals surface area contributed by atoms with Crippen molar-refractivity contribution in [2.45, 2.75) is 83.3 Å². The Morgan fingerprint density at radius 1 is 1.02 bits per heavy atom. The van der Waals surface area contributed by atoms with Crippen molar-refractivity contribution in [1.82, 2.24) is 20.4 Å². The van der Waals surface area contributed by atoms with Gasteiger partial charge in [-0.15, -0.1) is 0 Å². The highest BCUT2D eigenvalue weighted by atomic mass is 16.6. The van der Waals surface area contributed by atoms with E-state index < -0.39 is 35.9 Å². The van der Waals surface area contributed by atoms with E-state index in [0.717, 1.165) is 18.7 Å². The van der Waals surface area contributed by atoms with Gasteiger partial charge in [0.2, 0.25) is 5.91 Å². The lowest BCUT2D eigenvalue weighted by atomic mass is 9.80. The first-order chi connectivity index (χ1) is 20.6. The van der Waals surface area contributed by atoms with Gasteiger partial charge in [-0.3, -0.25) is 9.69 Å². The van der Waals surface area contributed by atoms with Crippen LogP contribution in [0.5, 0.6) is 17.2 Å². The maximum Gasteiger partial charge on any atom is 0.411 e. The van der Waals surface area contributed by atoms with Gasteiger partial charge in [0.05, 0.1) is 39.0 Å². The predicted octanol–water partition coefficient (Wildman–Crippen LogP) is 2.86. The van der Waals surface area contributed by atoms with Crippen molar-refractivity contribution in [3.8, 4) is 17.2 Å². The van der Waals surface area contributed by atoms with E-state index in [0.29, 0.717) is 40.4 Å². The highest BCUT2D eigenvalue weighted by Gasteiger charge is 2.63. The number of aliphatic hydroxyl groups is 1. The summed E-state index contributed by atoms with van der Waals surface area (Å²) in [7, 11) is 3.13. The fraction of sp³-hybridized carbons (Fsp3) is 0.562. The summed E-state index contributed by atoms with van der Waals surface area (Å²) in [5, 5.41) is 19.3. The van der Waals surface area contributed by atoms with Crippen molar-refractivity contribution in [3.05, 3.63) is 52.6 Å². The Labute approximate surface area is 252 Å². The van der Waals surface area contributed by atoms with Crippen LogP contribution in [-0.2, 0) is 22.7 Å². The number of nitrogens with zero attached hydrogens (tertiary/aromatic N) is 2. The Balaban J connectivity index is 1.46. The van der Waals surface area contributed by atoms with E-state index in [2.05, 4.69) is 10.6 Å². The number of benzene rings is 2. The van der Waals surface area contributed by atoms with Gasteiger partial charge in [-0.05, 0) is 39.7 Å². The van der Waals surface area contributed by atoms with Gasteiger partial charge in [0.25, 0.3) is 0 Å².